The summed E-state index contributed by atoms with van der Waals surface area (Å²) in [5, 5.41) is 3.03. The molecular weight excluding hydrogens is 368 g/mol. The molecule has 0 bridgehead atoms. The minimum Gasteiger partial charge on any atom is -0.353 e. The number of amides is 3. The largest absolute Gasteiger partial charge is 0.353 e. The number of hydrogen-bond donors (Lipinski definition) is 1. The molecule has 0 aromatic heterocycles. The predicted octanol–water partition coefficient (Wildman–Crippen LogP) is 1.23. The number of hydrogen-bond acceptors (Lipinski definition) is 4. The van der Waals surface area contributed by atoms with Crippen molar-refractivity contribution < 1.29 is 14.4 Å². The van der Waals surface area contributed by atoms with E-state index in [-0.39, 0.29) is 23.6 Å². The molecule has 0 aromatic rings. The van der Waals surface area contributed by atoms with E-state index in [1.165, 1.54) is 19.3 Å². The predicted molar refractivity (Wildman–Crippen MR) is 110 cm³/mol. The molecule has 4 fully saturated rings. The van der Waals surface area contributed by atoms with Gasteiger partial charge in [0.15, 0.2) is 0 Å². The van der Waals surface area contributed by atoms with Crippen LogP contribution in [0.2, 0.25) is 0 Å². The number of piperidine rings is 2. The van der Waals surface area contributed by atoms with Crippen molar-refractivity contribution in [2.24, 2.45) is 11.8 Å². The van der Waals surface area contributed by atoms with Crippen LogP contribution in [0, 0.1) is 11.8 Å². The van der Waals surface area contributed by atoms with E-state index in [0.717, 1.165) is 65.0 Å². The zero-order chi connectivity index (χ0) is 20.2. The van der Waals surface area contributed by atoms with Gasteiger partial charge in [0.25, 0.3) is 0 Å². The second-order valence-electron chi connectivity index (χ2n) is 9.46. The van der Waals surface area contributed by atoms with E-state index in [1.54, 1.807) is 0 Å². The molecular formula is C22H36N4O3. The van der Waals surface area contributed by atoms with Crippen molar-refractivity contribution in [3.05, 3.63) is 0 Å². The number of likely N-dealkylation sites (tertiary alicyclic amines) is 3. The quantitative estimate of drug-likeness (QED) is 0.693. The molecule has 162 valence electrons. The lowest BCUT2D eigenvalue weighted by molar-refractivity contribution is -0.134. The molecule has 1 N–H and O–H groups in total. The first kappa shape index (κ1) is 20.6. The van der Waals surface area contributed by atoms with Crippen LogP contribution in [0.4, 0.5) is 0 Å². The van der Waals surface area contributed by atoms with Gasteiger partial charge in [0.2, 0.25) is 17.7 Å². The summed E-state index contributed by atoms with van der Waals surface area (Å²) < 4.78 is 0. The molecule has 1 unspecified atom stereocenters. The van der Waals surface area contributed by atoms with E-state index in [4.69, 9.17) is 0 Å². The van der Waals surface area contributed by atoms with Gasteiger partial charge in [-0.25, -0.2) is 0 Å². The van der Waals surface area contributed by atoms with Gasteiger partial charge < -0.3 is 20.0 Å². The summed E-state index contributed by atoms with van der Waals surface area (Å²) in [5.41, 5.74) is 0. The molecule has 3 saturated heterocycles. The van der Waals surface area contributed by atoms with Crippen molar-refractivity contribution in [2.45, 2.75) is 63.8 Å². The maximum atomic E-state index is 12.5. The molecule has 4 aliphatic rings. The van der Waals surface area contributed by atoms with E-state index in [0.29, 0.717) is 31.3 Å². The van der Waals surface area contributed by atoms with Crippen molar-refractivity contribution in [1.82, 2.24) is 20.0 Å². The standard InChI is InChI=1S/C22H36N4O3/c27-20(8-11-24-9-2-1-3-10-24)25-12-6-17(7-13-25)15-26-16-18(14-21(26)28)22(29)23-19-4-5-19/h17-19H,1-16H2,(H,23,29). The van der Waals surface area contributed by atoms with Crippen LogP contribution in [0.15, 0.2) is 0 Å². The van der Waals surface area contributed by atoms with Crippen LogP contribution in [-0.2, 0) is 14.4 Å². The van der Waals surface area contributed by atoms with Gasteiger partial charge in [0.1, 0.15) is 0 Å². The summed E-state index contributed by atoms with van der Waals surface area (Å²) >= 11 is 0. The molecule has 3 amide bonds. The number of carbonyl (C=O) groups excluding carboxylic acids is 3. The van der Waals surface area contributed by atoms with Crippen LogP contribution < -0.4 is 5.32 Å². The van der Waals surface area contributed by atoms with Gasteiger partial charge in [-0.2, -0.15) is 0 Å². The lowest BCUT2D eigenvalue weighted by Crippen LogP contribution is -2.43. The first-order chi connectivity index (χ1) is 14.1. The molecule has 1 saturated carbocycles. The van der Waals surface area contributed by atoms with Crippen molar-refractivity contribution in [3.8, 4) is 0 Å². The van der Waals surface area contributed by atoms with E-state index < -0.39 is 0 Å². The highest BCUT2D eigenvalue weighted by Gasteiger charge is 2.37. The minimum atomic E-state index is -0.181. The number of rotatable bonds is 7. The van der Waals surface area contributed by atoms with Gasteiger partial charge in [-0.3, -0.25) is 14.4 Å². The molecule has 3 heterocycles. The minimum absolute atomic E-state index is 0.0532. The maximum absolute atomic E-state index is 12.5. The molecule has 0 spiro atoms. The van der Waals surface area contributed by atoms with Crippen LogP contribution in [-0.4, -0.2) is 84.3 Å². The fourth-order valence-corrected chi connectivity index (χ4v) is 4.94. The smallest absolute Gasteiger partial charge is 0.225 e. The van der Waals surface area contributed by atoms with E-state index in [1.807, 2.05) is 9.80 Å². The molecule has 1 atom stereocenters. The Kier molecular flexibility index (Phi) is 6.73. The average Bonchev–Trinajstić information content (AvgIpc) is 3.48. The summed E-state index contributed by atoms with van der Waals surface area (Å²) in [6.07, 6.45) is 8.89. The molecule has 7 heteroatoms. The third-order valence-corrected chi connectivity index (χ3v) is 7.05. The highest BCUT2D eigenvalue weighted by atomic mass is 16.2. The first-order valence-corrected chi connectivity index (χ1v) is 11.7. The Balaban J connectivity index is 1.15. The summed E-state index contributed by atoms with van der Waals surface area (Å²) in [7, 11) is 0. The third-order valence-electron chi connectivity index (χ3n) is 7.05. The van der Waals surface area contributed by atoms with E-state index >= 15 is 0 Å². The van der Waals surface area contributed by atoms with E-state index in [9.17, 15) is 14.4 Å². The van der Waals surface area contributed by atoms with Gasteiger partial charge in [0, 0.05) is 51.6 Å². The Morgan fingerprint density at radius 3 is 2.38 bits per heavy atom. The summed E-state index contributed by atoms with van der Waals surface area (Å²) in [6, 6.07) is 0.350. The summed E-state index contributed by atoms with van der Waals surface area (Å²) in [4.78, 5) is 43.4. The second-order valence-corrected chi connectivity index (χ2v) is 9.46. The Hall–Kier alpha value is -1.63. The van der Waals surface area contributed by atoms with Crippen LogP contribution in [0.5, 0.6) is 0 Å². The summed E-state index contributed by atoms with van der Waals surface area (Å²) in [6.45, 7) is 6.07. The van der Waals surface area contributed by atoms with Crippen LogP contribution in [0.25, 0.3) is 0 Å². The highest BCUT2D eigenvalue weighted by Crippen LogP contribution is 2.26. The molecule has 29 heavy (non-hydrogen) atoms. The topological polar surface area (TPSA) is 73.0 Å². The summed E-state index contributed by atoms with van der Waals surface area (Å²) in [5.74, 6) is 0.705. The average molecular weight is 405 g/mol. The lowest BCUT2D eigenvalue weighted by Gasteiger charge is -2.34. The molecule has 0 radical (unpaired) electrons. The van der Waals surface area contributed by atoms with Crippen molar-refractivity contribution >= 4 is 17.7 Å². The monoisotopic (exact) mass is 404 g/mol. The van der Waals surface area contributed by atoms with Gasteiger partial charge in [-0.05, 0) is 57.5 Å². The van der Waals surface area contributed by atoms with Crippen molar-refractivity contribution in [2.75, 3.05) is 45.8 Å². The maximum Gasteiger partial charge on any atom is 0.225 e. The number of nitrogens with one attached hydrogen (secondary N) is 1. The van der Waals surface area contributed by atoms with Crippen LogP contribution in [0.1, 0.15) is 57.8 Å². The molecule has 1 aliphatic carbocycles. The van der Waals surface area contributed by atoms with E-state index in [2.05, 4.69) is 10.2 Å². The van der Waals surface area contributed by atoms with Gasteiger partial charge in [-0.1, -0.05) is 6.42 Å². The Morgan fingerprint density at radius 2 is 1.69 bits per heavy atom. The molecule has 0 aromatic carbocycles. The number of nitrogens with zero attached hydrogens (tertiary/aromatic N) is 3. The van der Waals surface area contributed by atoms with Gasteiger partial charge in [0.05, 0.1) is 5.92 Å². The zero-order valence-electron chi connectivity index (χ0n) is 17.6. The third kappa shape index (κ3) is 5.71. The zero-order valence-corrected chi connectivity index (χ0v) is 17.6. The van der Waals surface area contributed by atoms with Crippen molar-refractivity contribution in [1.29, 1.82) is 0 Å². The molecule has 7 nitrogen and oxygen atoms in total. The Morgan fingerprint density at radius 1 is 0.966 bits per heavy atom. The molecule has 4 rings (SSSR count). The van der Waals surface area contributed by atoms with Crippen LogP contribution in [0.3, 0.4) is 0 Å². The first-order valence-electron chi connectivity index (χ1n) is 11.7. The Labute approximate surface area is 174 Å². The lowest BCUT2D eigenvalue weighted by atomic mass is 9.96. The number of carbonyl (C=O) groups is 3. The van der Waals surface area contributed by atoms with Crippen molar-refractivity contribution in [3.63, 3.8) is 0 Å². The fraction of sp³-hybridized carbons (Fsp3) is 0.864. The van der Waals surface area contributed by atoms with Gasteiger partial charge in [-0.15, -0.1) is 0 Å². The second kappa shape index (κ2) is 9.45. The van der Waals surface area contributed by atoms with Crippen LogP contribution >= 0.6 is 0 Å². The SMILES string of the molecule is O=C(NC1CC1)C1CC(=O)N(CC2CCN(C(=O)CCN3CCCCC3)CC2)C1. The normalized spacial score (nSPS) is 26.8. The Bertz CT molecular complexity index is 607. The van der Waals surface area contributed by atoms with Gasteiger partial charge >= 0.3 is 0 Å². The molecule has 3 aliphatic heterocycles. The highest BCUT2D eigenvalue weighted by molar-refractivity contribution is 5.89. The fourth-order valence-electron chi connectivity index (χ4n) is 4.94.